The molecule has 3 aromatic carbocycles. The fraction of sp³-hybridized carbons (Fsp3) is 0. The van der Waals surface area contributed by atoms with Crippen molar-refractivity contribution in [2.24, 2.45) is 0 Å². The molecule has 29 heavy (non-hydrogen) atoms. The molecule has 4 rings (SSSR count). The molecule has 146 valence electrons. The fourth-order valence-corrected chi connectivity index (χ4v) is 2.83. The van der Waals surface area contributed by atoms with E-state index in [2.05, 4.69) is 15.3 Å². The molecule has 2 N–H and O–H groups in total. The lowest BCUT2D eigenvalue weighted by atomic mass is 10.1. The Morgan fingerprint density at radius 3 is 2.17 bits per heavy atom. The Kier molecular flexibility index (Phi) is 4.50. The minimum absolute atomic E-state index is 0.0805. The Labute approximate surface area is 160 Å². The van der Waals surface area contributed by atoms with E-state index < -0.39 is 40.6 Å². The zero-order chi connectivity index (χ0) is 20.7. The molecule has 4 aromatic rings. The highest BCUT2D eigenvalue weighted by Gasteiger charge is 2.29. The van der Waals surface area contributed by atoms with Crippen LogP contribution < -0.4 is 5.32 Å². The third-order valence-corrected chi connectivity index (χ3v) is 4.22. The molecule has 9 heteroatoms. The fourth-order valence-electron chi connectivity index (χ4n) is 2.83. The second kappa shape index (κ2) is 7.01. The number of nitrogens with zero attached hydrogens (tertiary/aromatic N) is 1. The Balaban J connectivity index is 1.68. The number of amides is 1. The Bertz CT molecular complexity index is 1210. The van der Waals surface area contributed by atoms with Gasteiger partial charge in [0.1, 0.15) is 11.4 Å². The number of para-hydroxylation sites is 2. The quantitative estimate of drug-likeness (QED) is 0.281. The van der Waals surface area contributed by atoms with Gasteiger partial charge in [0.25, 0.3) is 5.91 Å². The van der Waals surface area contributed by atoms with Crippen molar-refractivity contribution in [3.8, 4) is 11.4 Å². The van der Waals surface area contributed by atoms with Crippen LogP contribution in [-0.2, 0) is 0 Å². The Morgan fingerprint density at radius 1 is 0.828 bits per heavy atom. The van der Waals surface area contributed by atoms with Gasteiger partial charge in [-0.3, -0.25) is 4.79 Å². The van der Waals surface area contributed by atoms with Gasteiger partial charge in [0, 0.05) is 11.3 Å². The van der Waals surface area contributed by atoms with Gasteiger partial charge in [-0.25, -0.2) is 26.9 Å². The zero-order valence-corrected chi connectivity index (χ0v) is 14.4. The van der Waals surface area contributed by atoms with Crippen LogP contribution in [0, 0.1) is 29.1 Å². The van der Waals surface area contributed by atoms with Crippen LogP contribution in [0.2, 0.25) is 0 Å². The van der Waals surface area contributed by atoms with E-state index in [1.54, 1.807) is 12.1 Å². The summed E-state index contributed by atoms with van der Waals surface area (Å²) < 4.78 is 67.5. The lowest BCUT2D eigenvalue weighted by Crippen LogP contribution is -2.19. The lowest BCUT2D eigenvalue weighted by molar-refractivity contribution is 0.101. The normalized spacial score (nSPS) is 11.1. The van der Waals surface area contributed by atoms with E-state index in [0.717, 1.165) is 5.52 Å². The molecule has 4 nitrogen and oxygen atoms in total. The average Bonchev–Trinajstić information content (AvgIpc) is 3.15. The van der Waals surface area contributed by atoms with Gasteiger partial charge in [-0.2, -0.15) is 0 Å². The van der Waals surface area contributed by atoms with E-state index in [4.69, 9.17) is 0 Å². The predicted molar refractivity (Wildman–Crippen MR) is 95.7 cm³/mol. The van der Waals surface area contributed by atoms with Gasteiger partial charge in [-0.1, -0.05) is 24.3 Å². The van der Waals surface area contributed by atoms with E-state index in [9.17, 15) is 26.7 Å². The predicted octanol–water partition coefficient (Wildman–Crippen LogP) is 5.18. The summed E-state index contributed by atoms with van der Waals surface area (Å²) in [5.74, 6) is -12.1. The van der Waals surface area contributed by atoms with Crippen LogP contribution in [0.4, 0.5) is 27.6 Å². The van der Waals surface area contributed by atoms with Gasteiger partial charge in [0.15, 0.2) is 23.3 Å². The summed E-state index contributed by atoms with van der Waals surface area (Å²) >= 11 is 0. The van der Waals surface area contributed by atoms with Gasteiger partial charge >= 0.3 is 0 Å². The smallest absolute Gasteiger partial charge is 0.261 e. The summed E-state index contributed by atoms with van der Waals surface area (Å²) in [5.41, 5.74) is 0.542. The highest BCUT2D eigenvalue weighted by molar-refractivity contribution is 6.05. The van der Waals surface area contributed by atoms with Crippen molar-refractivity contribution >= 4 is 22.6 Å². The van der Waals surface area contributed by atoms with Crippen molar-refractivity contribution in [1.82, 2.24) is 9.97 Å². The summed E-state index contributed by atoms with van der Waals surface area (Å²) in [5, 5.41) is 2.14. The number of carbonyl (C=O) groups excluding carboxylic acids is 1. The SMILES string of the molecule is O=C(Nc1cccc(-c2nc3ccccc3[nH]2)c1)c1c(F)c(F)c(F)c(F)c1F. The maximum absolute atomic E-state index is 13.8. The monoisotopic (exact) mass is 403 g/mol. The number of rotatable bonds is 3. The zero-order valence-electron chi connectivity index (χ0n) is 14.4. The van der Waals surface area contributed by atoms with Crippen molar-refractivity contribution in [2.45, 2.75) is 0 Å². The Morgan fingerprint density at radius 2 is 1.48 bits per heavy atom. The highest BCUT2D eigenvalue weighted by Crippen LogP contribution is 2.26. The molecule has 0 spiro atoms. The molecule has 0 radical (unpaired) electrons. The second-order valence-electron chi connectivity index (χ2n) is 6.08. The topological polar surface area (TPSA) is 57.8 Å². The first kappa shape index (κ1) is 18.6. The molecule has 0 unspecified atom stereocenters. The van der Waals surface area contributed by atoms with Gasteiger partial charge in [-0.05, 0) is 24.3 Å². The van der Waals surface area contributed by atoms with E-state index >= 15 is 0 Å². The number of anilines is 1. The van der Waals surface area contributed by atoms with E-state index in [1.807, 2.05) is 18.2 Å². The number of imidazole rings is 1. The first-order chi connectivity index (χ1) is 13.9. The molecule has 0 bridgehead atoms. The number of aromatic nitrogens is 2. The van der Waals surface area contributed by atoms with Gasteiger partial charge in [0.05, 0.1) is 11.0 Å². The number of carbonyl (C=O) groups is 1. The number of halogens is 5. The molecule has 0 saturated heterocycles. The molecule has 0 atom stereocenters. The third-order valence-electron chi connectivity index (χ3n) is 4.22. The van der Waals surface area contributed by atoms with Crippen molar-refractivity contribution < 1.29 is 26.7 Å². The first-order valence-electron chi connectivity index (χ1n) is 8.24. The number of nitrogens with one attached hydrogen (secondary N) is 2. The Hall–Kier alpha value is -3.75. The minimum Gasteiger partial charge on any atom is -0.338 e. The lowest BCUT2D eigenvalue weighted by Gasteiger charge is -2.10. The standard InChI is InChI=1S/C20H10F5N3O/c21-14-13(15(22)17(24)18(25)16(14)23)20(29)26-10-5-3-4-9(8-10)19-27-11-6-1-2-7-12(11)28-19/h1-8H,(H,26,29)(H,27,28). The van der Waals surface area contributed by atoms with Crippen LogP contribution >= 0.6 is 0 Å². The molecule has 0 aliphatic carbocycles. The number of H-pyrrole nitrogens is 1. The largest absolute Gasteiger partial charge is 0.338 e. The summed E-state index contributed by atoms with van der Waals surface area (Å²) in [6.45, 7) is 0. The van der Waals surface area contributed by atoms with Crippen molar-refractivity contribution in [2.75, 3.05) is 5.32 Å². The molecule has 1 heterocycles. The number of fused-ring (bicyclic) bond motifs is 1. The number of hydrogen-bond acceptors (Lipinski definition) is 2. The van der Waals surface area contributed by atoms with Crippen LogP contribution in [0.1, 0.15) is 10.4 Å². The van der Waals surface area contributed by atoms with Crippen molar-refractivity contribution in [3.05, 3.63) is 83.2 Å². The second-order valence-corrected chi connectivity index (χ2v) is 6.08. The van der Waals surface area contributed by atoms with Gasteiger partial charge in [0.2, 0.25) is 5.82 Å². The molecular formula is C20H10F5N3O. The summed E-state index contributed by atoms with van der Waals surface area (Å²) in [6, 6.07) is 13.3. The maximum Gasteiger partial charge on any atom is 0.261 e. The molecule has 0 fully saturated rings. The summed E-state index contributed by atoms with van der Waals surface area (Å²) in [6.07, 6.45) is 0. The molecular weight excluding hydrogens is 393 g/mol. The molecule has 1 amide bonds. The van der Waals surface area contributed by atoms with E-state index in [-0.39, 0.29) is 5.69 Å². The van der Waals surface area contributed by atoms with Crippen LogP contribution in [0.15, 0.2) is 48.5 Å². The average molecular weight is 403 g/mol. The van der Waals surface area contributed by atoms with E-state index in [1.165, 1.54) is 18.2 Å². The highest BCUT2D eigenvalue weighted by atomic mass is 19.2. The molecule has 1 aromatic heterocycles. The van der Waals surface area contributed by atoms with Gasteiger partial charge in [-0.15, -0.1) is 0 Å². The number of aromatic amines is 1. The summed E-state index contributed by atoms with van der Waals surface area (Å²) in [7, 11) is 0. The van der Waals surface area contributed by atoms with Crippen LogP contribution in [0.5, 0.6) is 0 Å². The van der Waals surface area contributed by atoms with Crippen LogP contribution in [-0.4, -0.2) is 15.9 Å². The van der Waals surface area contributed by atoms with Crippen molar-refractivity contribution in [1.29, 1.82) is 0 Å². The molecule has 0 aliphatic heterocycles. The molecule has 0 aliphatic rings. The van der Waals surface area contributed by atoms with Crippen LogP contribution in [0.3, 0.4) is 0 Å². The number of hydrogen-bond donors (Lipinski definition) is 2. The van der Waals surface area contributed by atoms with Gasteiger partial charge < -0.3 is 10.3 Å². The third kappa shape index (κ3) is 3.20. The summed E-state index contributed by atoms with van der Waals surface area (Å²) in [4.78, 5) is 19.7. The van der Waals surface area contributed by atoms with Crippen molar-refractivity contribution in [3.63, 3.8) is 0 Å². The molecule has 0 saturated carbocycles. The van der Waals surface area contributed by atoms with E-state index in [0.29, 0.717) is 16.9 Å². The minimum atomic E-state index is -2.33. The van der Waals surface area contributed by atoms with Crippen LogP contribution in [0.25, 0.3) is 22.4 Å². The number of benzene rings is 3. The first-order valence-corrected chi connectivity index (χ1v) is 8.24. The maximum atomic E-state index is 13.8.